The summed E-state index contributed by atoms with van der Waals surface area (Å²) in [6, 6.07) is 11.5. The number of ether oxygens (including phenoxy) is 2. The van der Waals surface area contributed by atoms with Gasteiger partial charge in [-0.25, -0.2) is 0 Å². The van der Waals surface area contributed by atoms with Crippen molar-refractivity contribution < 1.29 is 14.3 Å². The highest BCUT2D eigenvalue weighted by Crippen LogP contribution is 2.40. The van der Waals surface area contributed by atoms with E-state index >= 15 is 0 Å². The number of hydrogen-bond donors (Lipinski definition) is 1. The molecule has 1 N–H and O–H groups in total. The highest BCUT2D eigenvalue weighted by molar-refractivity contribution is 6.32. The standard InChI is InChI=1S/C31H44ClN3O3/c1-21-22(2)28(38-18-8-15-33-30(36)31(3,4)5)14-12-25(21)27-10-7-9-24-20-34(16-17-35(24)27)23-11-13-26(32)29(19-23)37-6/h11-14,19,24,27H,7-10,15-18,20H2,1-6H3,(H,33,36)/t24-,27+/m0/s1. The largest absolute Gasteiger partial charge is 0.495 e. The van der Waals surface area contributed by atoms with Crippen molar-refractivity contribution in [3.8, 4) is 11.5 Å². The normalized spacial score (nSPS) is 20.1. The maximum absolute atomic E-state index is 12.0. The van der Waals surface area contributed by atoms with Crippen LogP contribution in [0.15, 0.2) is 30.3 Å². The molecule has 0 unspecified atom stereocenters. The van der Waals surface area contributed by atoms with Gasteiger partial charge in [0.15, 0.2) is 0 Å². The van der Waals surface area contributed by atoms with Crippen molar-refractivity contribution in [2.75, 3.05) is 44.8 Å². The number of nitrogens with one attached hydrogen (secondary N) is 1. The van der Waals surface area contributed by atoms with Gasteiger partial charge in [0.25, 0.3) is 0 Å². The molecule has 1 amide bonds. The Bertz CT molecular complexity index is 1130. The van der Waals surface area contributed by atoms with E-state index in [1.54, 1.807) is 7.11 Å². The van der Waals surface area contributed by atoms with Crippen LogP contribution in [-0.4, -0.2) is 56.7 Å². The Morgan fingerprint density at radius 2 is 1.87 bits per heavy atom. The van der Waals surface area contributed by atoms with Crippen LogP contribution in [-0.2, 0) is 4.79 Å². The van der Waals surface area contributed by atoms with E-state index in [-0.39, 0.29) is 11.3 Å². The number of carbonyl (C=O) groups is 1. The fourth-order valence-electron chi connectivity index (χ4n) is 5.72. The number of methoxy groups -OCH3 is 1. The van der Waals surface area contributed by atoms with Crippen LogP contribution in [0.4, 0.5) is 5.69 Å². The highest BCUT2D eigenvalue weighted by Gasteiger charge is 2.36. The molecule has 2 aromatic carbocycles. The number of carbonyl (C=O) groups excluding carboxylic acids is 1. The molecule has 2 heterocycles. The van der Waals surface area contributed by atoms with Crippen LogP contribution in [0.25, 0.3) is 0 Å². The topological polar surface area (TPSA) is 54.0 Å². The third-order valence-corrected chi connectivity index (χ3v) is 8.44. The van der Waals surface area contributed by atoms with Crippen molar-refractivity contribution in [3.05, 3.63) is 52.0 Å². The molecule has 0 aliphatic carbocycles. The van der Waals surface area contributed by atoms with Gasteiger partial charge in [0, 0.05) is 55.4 Å². The monoisotopic (exact) mass is 541 g/mol. The second-order valence-electron chi connectivity index (χ2n) is 11.7. The van der Waals surface area contributed by atoms with Crippen molar-refractivity contribution in [3.63, 3.8) is 0 Å². The van der Waals surface area contributed by atoms with E-state index in [4.69, 9.17) is 21.1 Å². The Morgan fingerprint density at radius 3 is 2.61 bits per heavy atom. The molecule has 2 atom stereocenters. The fraction of sp³-hybridized carbons (Fsp3) is 0.581. The lowest BCUT2D eigenvalue weighted by atomic mass is 9.86. The van der Waals surface area contributed by atoms with E-state index in [1.165, 1.54) is 41.6 Å². The predicted octanol–water partition coefficient (Wildman–Crippen LogP) is 6.31. The van der Waals surface area contributed by atoms with E-state index < -0.39 is 0 Å². The van der Waals surface area contributed by atoms with Crippen LogP contribution in [0.2, 0.25) is 5.02 Å². The number of piperazine rings is 1. The maximum Gasteiger partial charge on any atom is 0.225 e. The minimum Gasteiger partial charge on any atom is -0.495 e. The summed E-state index contributed by atoms with van der Waals surface area (Å²) in [6.07, 6.45) is 4.44. The van der Waals surface area contributed by atoms with Crippen molar-refractivity contribution in [1.82, 2.24) is 10.2 Å². The molecule has 4 rings (SSSR count). The molecule has 2 fully saturated rings. The fourth-order valence-corrected chi connectivity index (χ4v) is 5.91. The summed E-state index contributed by atoms with van der Waals surface area (Å²) in [5.41, 5.74) is 4.80. The second kappa shape index (κ2) is 12.2. The quantitative estimate of drug-likeness (QED) is 0.397. The number of amides is 1. The summed E-state index contributed by atoms with van der Waals surface area (Å²) in [5.74, 6) is 1.76. The highest BCUT2D eigenvalue weighted by atomic mass is 35.5. The molecule has 0 bridgehead atoms. The number of benzene rings is 2. The Hall–Kier alpha value is -2.44. The number of fused-ring (bicyclic) bond motifs is 1. The number of piperidine rings is 1. The van der Waals surface area contributed by atoms with Gasteiger partial charge in [0.05, 0.1) is 18.7 Å². The molecule has 0 spiro atoms. The summed E-state index contributed by atoms with van der Waals surface area (Å²) in [4.78, 5) is 17.2. The number of anilines is 1. The first-order chi connectivity index (χ1) is 18.1. The summed E-state index contributed by atoms with van der Waals surface area (Å²) in [5, 5.41) is 3.65. The van der Waals surface area contributed by atoms with Gasteiger partial charge in [-0.3, -0.25) is 9.69 Å². The van der Waals surface area contributed by atoms with Crippen LogP contribution >= 0.6 is 11.6 Å². The summed E-state index contributed by atoms with van der Waals surface area (Å²) in [6.45, 7) is 14.5. The minimum atomic E-state index is -0.363. The van der Waals surface area contributed by atoms with Gasteiger partial charge < -0.3 is 19.7 Å². The zero-order valence-corrected chi connectivity index (χ0v) is 24.7. The summed E-state index contributed by atoms with van der Waals surface area (Å²) in [7, 11) is 1.67. The molecule has 6 nitrogen and oxygen atoms in total. The van der Waals surface area contributed by atoms with Crippen LogP contribution < -0.4 is 19.7 Å². The zero-order valence-electron chi connectivity index (χ0n) is 23.9. The first-order valence-corrected chi connectivity index (χ1v) is 14.3. The molecule has 38 heavy (non-hydrogen) atoms. The third kappa shape index (κ3) is 6.40. The predicted molar refractivity (Wildman–Crippen MR) is 156 cm³/mol. The first kappa shape index (κ1) is 28.6. The van der Waals surface area contributed by atoms with E-state index in [2.05, 4.69) is 53.2 Å². The molecule has 7 heteroatoms. The van der Waals surface area contributed by atoms with Gasteiger partial charge >= 0.3 is 0 Å². The molecule has 0 saturated carbocycles. The molecule has 2 aromatic rings. The third-order valence-electron chi connectivity index (χ3n) is 8.13. The molecule has 0 radical (unpaired) electrons. The molecule has 0 aromatic heterocycles. The van der Waals surface area contributed by atoms with Crippen molar-refractivity contribution >= 4 is 23.2 Å². The average Bonchev–Trinajstić information content (AvgIpc) is 2.90. The lowest BCUT2D eigenvalue weighted by Crippen LogP contribution is -2.56. The average molecular weight is 542 g/mol. The van der Waals surface area contributed by atoms with Crippen molar-refractivity contribution in [2.45, 2.75) is 72.4 Å². The van der Waals surface area contributed by atoms with Crippen molar-refractivity contribution in [2.24, 2.45) is 5.41 Å². The molecule has 2 aliphatic heterocycles. The smallest absolute Gasteiger partial charge is 0.225 e. The Labute approximate surface area is 233 Å². The maximum atomic E-state index is 12.0. The van der Waals surface area contributed by atoms with Crippen LogP contribution in [0, 0.1) is 19.3 Å². The SMILES string of the molecule is COc1cc(N2CCN3[C@@H](CCC[C@@H]3c3ccc(OCCCNC(=O)C(C)(C)C)c(C)c3C)C2)ccc1Cl. The molecule has 2 aliphatic rings. The Kier molecular flexibility index (Phi) is 9.15. The zero-order chi connectivity index (χ0) is 27.4. The van der Waals surface area contributed by atoms with E-state index in [0.717, 1.165) is 37.6 Å². The number of nitrogens with zero attached hydrogens (tertiary/aromatic N) is 2. The lowest BCUT2D eigenvalue weighted by molar-refractivity contribution is -0.128. The first-order valence-electron chi connectivity index (χ1n) is 14.0. The number of halogens is 1. The van der Waals surface area contributed by atoms with Crippen LogP contribution in [0.3, 0.4) is 0 Å². The molecule has 208 valence electrons. The lowest BCUT2D eigenvalue weighted by Gasteiger charge is -2.49. The van der Waals surface area contributed by atoms with Gasteiger partial charge in [-0.2, -0.15) is 0 Å². The minimum absolute atomic E-state index is 0.0772. The molecular weight excluding hydrogens is 498 g/mol. The van der Waals surface area contributed by atoms with Crippen molar-refractivity contribution in [1.29, 1.82) is 0 Å². The van der Waals surface area contributed by atoms with Gasteiger partial charge in [0.1, 0.15) is 11.5 Å². The van der Waals surface area contributed by atoms with E-state index in [0.29, 0.717) is 30.3 Å². The van der Waals surface area contributed by atoms with Gasteiger partial charge in [-0.15, -0.1) is 0 Å². The molecular formula is C31H44ClN3O3. The van der Waals surface area contributed by atoms with Crippen LogP contribution in [0.1, 0.15) is 69.2 Å². The second-order valence-corrected chi connectivity index (χ2v) is 12.1. The Balaban J connectivity index is 1.38. The van der Waals surface area contributed by atoms with E-state index in [9.17, 15) is 4.79 Å². The van der Waals surface area contributed by atoms with Gasteiger partial charge in [-0.1, -0.05) is 38.4 Å². The number of rotatable bonds is 8. The van der Waals surface area contributed by atoms with E-state index in [1.807, 2.05) is 26.8 Å². The molecule has 2 saturated heterocycles. The summed E-state index contributed by atoms with van der Waals surface area (Å²) < 4.78 is 11.6. The van der Waals surface area contributed by atoms with Gasteiger partial charge in [0.2, 0.25) is 5.91 Å². The Morgan fingerprint density at radius 1 is 1.08 bits per heavy atom. The van der Waals surface area contributed by atoms with Gasteiger partial charge in [-0.05, 0) is 74.4 Å². The number of hydrogen-bond acceptors (Lipinski definition) is 5. The van der Waals surface area contributed by atoms with Crippen LogP contribution in [0.5, 0.6) is 11.5 Å². The summed E-state index contributed by atoms with van der Waals surface area (Å²) >= 11 is 6.26.